The molecule has 2 heterocycles. The molecule has 5 rings (SSSR count). The number of fused-ring (bicyclic) bond motifs is 1. The molecule has 0 atom stereocenters. The van der Waals surface area contributed by atoms with E-state index in [0.29, 0.717) is 44.9 Å². The topological polar surface area (TPSA) is 109 Å². The van der Waals surface area contributed by atoms with E-state index in [9.17, 15) is 14.4 Å². The zero-order chi connectivity index (χ0) is 29.1. The summed E-state index contributed by atoms with van der Waals surface area (Å²) >= 11 is 0. The van der Waals surface area contributed by atoms with Gasteiger partial charge in [0.05, 0.1) is 35.7 Å². The number of hydrogen-bond acceptors (Lipinski definition) is 7. The van der Waals surface area contributed by atoms with Crippen LogP contribution in [0, 0.1) is 13.8 Å². The summed E-state index contributed by atoms with van der Waals surface area (Å²) in [6, 6.07) is 18.4. The highest BCUT2D eigenvalue weighted by molar-refractivity contribution is 6.37. The third-order valence-corrected chi connectivity index (χ3v) is 7.55. The number of nitrogens with zero attached hydrogens (tertiary/aromatic N) is 1. The second kappa shape index (κ2) is 12.0. The molecule has 9 nitrogen and oxygen atoms in total. The number of esters is 1. The number of aryl methyl sites for hydroxylation is 2. The van der Waals surface area contributed by atoms with Crippen molar-refractivity contribution >= 4 is 40.4 Å². The first-order valence-corrected chi connectivity index (χ1v) is 13.6. The Labute approximate surface area is 239 Å². The van der Waals surface area contributed by atoms with E-state index in [-0.39, 0.29) is 17.9 Å². The number of carbonyl (C=O) groups is 3. The summed E-state index contributed by atoms with van der Waals surface area (Å²) in [5, 5.41) is 6.33. The highest BCUT2D eigenvalue weighted by atomic mass is 16.7. The Kier molecular flexibility index (Phi) is 8.19. The predicted octanol–water partition coefficient (Wildman–Crippen LogP) is 4.78. The Morgan fingerprint density at radius 3 is 2.34 bits per heavy atom. The standard InChI is InChI=1S/C32H34N4O5/c1-19-16-22(10-11-24(19)30(37)35-41-23-12-14-36(3)15-13-23)33-29(21-8-6-5-7-9-21)28-26-17-20(2)25(32(39)40-4)18-27(26)34-31(28)38/h5-11,16-18,23,33H,12-15H2,1-4H3,(H,34,38)(H,35,37)/b29-28-. The van der Waals surface area contributed by atoms with Crippen LogP contribution in [0.3, 0.4) is 0 Å². The molecular formula is C32H34N4O5. The van der Waals surface area contributed by atoms with E-state index >= 15 is 0 Å². The summed E-state index contributed by atoms with van der Waals surface area (Å²) in [7, 11) is 3.41. The van der Waals surface area contributed by atoms with Crippen molar-refractivity contribution in [2.45, 2.75) is 32.8 Å². The van der Waals surface area contributed by atoms with Gasteiger partial charge in [0, 0.05) is 29.9 Å². The summed E-state index contributed by atoms with van der Waals surface area (Å²) < 4.78 is 4.90. The van der Waals surface area contributed by atoms with E-state index in [1.807, 2.05) is 56.3 Å². The first-order chi connectivity index (χ1) is 19.7. The van der Waals surface area contributed by atoms with E-state index in [4.69, 9.17) is 9.57 Å². The molecule has 3 aromatic rings. The number of ether oxygens (including phenoxy) is 1. The molecule has 9 heteroatoms. The zero-order valence-electron chi connectivity index (χ0n) is 23.7. The maximum Gasteiger partial charge on any atom is 0.338 e. The van der Waals surface area contributed by atoms with Crippen LogP contribution in [0.1, 0.15) is 55.8 Å². The highest BCUT2D eigenvalue weighted by Gasteiger charge is 2.30. The summed E-state index contributed by atoms with van der Waals surface area (Å²) in [4.78, 5) is 46.4. The predicted molar refractivity (Wildman–Crippen MR) is 158 cm³/mol. The van der Waals surface area contributed by atoms with Crippen LogP contribution in [0.2, 0.25) is 0 Å². The van der Waals surface area contributed by atoms with Gasteiger partial charge in [-0.2, -0.15) is 0 Å². The lowest BCUT2D eigenvalue weighted by Crippen LogP contribution is -2.38. The number of hydroxylamine groups is 1. The van der Waals surface area contributed by atoms with Gasteiger partial charge in [0.1, 0.15) is 0 Å². The summed E-state index contributed by atoms with van der Waals surface area (Å²) in [5.41, 5.74) is 8.79. The first kappa shape index (κ1) is 28.1. The quantitative estimate of drug-likeness (QED) is 0.219. The van der Waals surface area contributed by atoms with Gasteiger partial charge in [-0.1, -0.05) is 30.3 Å². The minimum Gasteiger partial charge on any atom is -0.465 e. The largest absolute Gasteiger partial charge is 0.465 e. The SMILES string of the molecule is COC(=O)c1cc2c(cc1C)/C(=C(/Nc1ccc(C(=O)NOC3CCN(C)CC3)c(C)c1)c1ccccc1)C(=O)N2. The molecular weight excluding hydrogens is 520 g/mol. The fourth-order valence-electron chi connectivity index (χ4n) is 5.22. The van der Waals surface area contributed by atoms with Crippen LogP contribution >= 0.6 is 0 Å². The van der Waals surface area contributed by atoms with Crippen LogP contribution < -0.4 is 16.1 Å². The van der Waals surface area contributed by atoms with Crippen molar-refractivity contribution in [2.75, 3.05) is 37.9 Å². The van der Waals surface area contributed by atoms with E-state index < -0.39 is 5.97 Å². The van der Waals surface area contributed by atoms with Crippen molar-refractivity contribution in [2.24, 2.45) is 0 Å². The van der Waals surface area contributed by atoms with Crippen LogP contribution in [0.15, 0.2) is 60.7 Å². The molecule has 0 aliphatic carbocycles. The molecule has 2 amide bonds. The number of rotatable bonds is 7. The molecule has 0 unspecified atom stereocenters. The number of anilines is 2. The van der Waals surface area contributed by atoms with Crippen LogP contribution in [0.25, 0.3) is 11.3 Å². The van der Waals surface area contributed by atoms with Crippen molar-refractivity contribution < 1.29 is 24.0 Å². The van der Waals surface area contributed by atoms with Crippen molar-refractivity contribution in [3.63, 3.8) is 0 Å². The third kappa shape index (κ3) is 6.01. The van der Waals surface area contributed by atoms with Crippen molar-refractivity contribution in [1.82, 2.24) is 10.4 Å². The van der Waals surface area contributed by atoms with Gasteiger partial charge < -0.3 is 20.3 Å². The van der Waals surface area contributed by atoms with Crippen LogP contribution in [0.4, 0.5) is 11.4 Å². The van der Waals surface area contributed by atoms with E-state index in [1.54, 1.807) is 18.2 Å². The van der Waals surface area contributed by atoms with Crippen LogP contribution in [-0.2, 0) is 14.4 Å². The minimum atomic E-state index is -0.463. The Bertz CT molecular complexity index is 1520. The lowest BCUT2D eigenvalue weighted by molar-refractivity contribution is -0.110. The molecule has 3 aromatic carbocycles. The Balaban J connectivity index is 1.44. The lowest BCUT2D eigenvalue weighted by atomic mass is 9.96. The average Bonchev–Trinajstić information content (AvgIpc) is 3.29. The fraction of sp³-hybridized carbons (Fsp3) is 0.281. The average molecular weight is 555 g/mol. The molecule has 212 valence electrons. The number of carbonyl (C=O) groups excluding carboxylic acids is 3. The molecule has 0 aromatic heterocycles. The van der Waals surface area contributed by atoms with Gasteiger partial charge in [0.25, 0.3) is 11.8 Å². The molecule has 0 bridgehead atoms. The minimum absolute atomic E-state index is 0.00391. The number of hydrogen-bond donors (Lipinski definition) is 3. The maximum atomic E-state index is 13.3. The summed E-state index contributed by atoms with van der Waals surface area (Å²) in [5.74, 6) is -1.04. The molecule has 0 saturated carbocycles. The number of nitrogens with one attached hydrogen (secondary N) is 3. The smallest absolute Gasteiger partial charge is 0.338 e. The first-order valence-electron chi connectivity index (χ1n) is 13.6. The van der Waals surface area contributed by atoms with Crippen molar-refractivity contribution in [1.29, 1.82) is 0 Å². The number of methoxy groups -OCH3 is 1. The second-order valence-electron chi connectivity index (χ2n) is 10.5. The molecule has 0 radical (unpaired) electrons. The number of amides is 2. The number of piperidine rings is 1. The fourth-order valence-corrected chi connectivity index (χ4v) is 5.22. The van der Waals surface area contributed by atoms with Gasteiger partial charge in [-0.05, 0) is 80.8 Å². The monoisotopic (exact) mass is 554 g/mol. The van der Waals surface area contributed by atoms with E-state index in [2.05, 4.69) is 28.1 Å². The van der Waals surface area contributed by atoms with E-state index in [0.717, 1.165) is 37.1 Å². The molecule has 3 N–H and O–H groups in total. The molecule has 1 fully saturated rings. The van der Waals surface area contributed by atoms with E-state index in [1.165, 1.54) is 7.11 Å². The van der Waals surface area contributed by atoms with Gasteiger partial charge in [0.2, 0.25) is 0 Å². The van der Waals surface area contributed by atoms with Gasteiger partial charge in [-0.15, -0.1) is 0 Å². The third-order valence-electron chi connectivity index (χ3n) is 7.55. The van der Waals surface area contributed by atoms with Gasteiger partial charge in [-0.3, -0.25) is 14.4 Å². The Morgan fingerprint density at radius 1 is 0.951 bits per heavy atom. The number of benzene rings is 3. The van der Waals surface area contributed by atoms with Crippen molar-refractivity contribution in [3.8, 4) is 0 Å². The van der Waals surface area contributed by atoms with Crippen molar-refractivity contribution in [3.05, 3.63) is 94.0 Å². The van der Waals surface area contributed by atoms with Gasteiger partial charge in [-0.25, -0.2) is 10.3 Å². The Hall–Kier alpha value is -4.47. The lowest BCUT2D eigenvalue weighted by Gasteiger charge is -2.28. The second-order valence-corrected chi connectivity index (χ2v) is 10.5. The molecule has 0 spiro atoms. The van der Waals surface area contributed by atoms with Crippen LogP contribution in [0.5, 0.6) is 0 Å². The Morgan fingerprint density at radius 2 is 1.66 bits per heavy atom. The van der Waals surface area contributed by atoms with Gasteiger partial charge in [0.15, 0.2) is 0 Å². The highest BCUT2D eigenvalue weighted by Crippen LogP contribution is 2.39. The normalized spacial score (nSPS) is 16.5. The van der Waals surface area contributed by atoms with Crippen LogP contribution in [-0.4, -0.2) is 56.0 Å². The summed E-state index contributed by atoms with van der Waals surface area (Å²) in [6.45, 7) is 5.55. The molecule has 2 aliphatic rings. The van der Waals surface area contributed by atoms with Gasteiger partial charge >= 0.3 is 5.97 Å². The molecule has 1 saturated heterocycles. The molecule has 2 aliphatic heterocycles. The zero-order valence-corrected chi connectivity index (χ0v) is 23.7. The number of likely N-dealkylation sites (tertiary alicyclic amines) is 1. The molecule has 41 heavy (non-hydrogen) atoms. The summed E-state index contributed by atoms with van der Waals surface area (Å²) in [6.07, 6.45) is 1.75. The maximum absolute atomic E-state index is 13.3.